The summed E-state index contributed by atoms with van der Waals surface area (Å²) in [6.07, 6.45) is -0.0551. The Morgan fingerprint density at radius 1 is 1.04 bits per heavy atom. The Bertz CT molecular complexity index is 818. The number of aryl methyl sites for hydroxylation is 2. The maximum absolute atomic E-state index is 12.1. The highest BCUT2D eigenvalue weighted by atomic mass is 16.5. The molecule has 0 saturated heterocycles. The lowest BCUT2D eigenvalue weighted by Gasteiger charge is -2.17. The van der Waals surface area contributed by atoms with Gasteiger partial charge in [-0.15, -0.1) is 0 Å². The monoisotopic (exact) mass is 368 g/mol. The van der Waals surface area contributed by atoms with Crippen LogP contribution in [0, 0.1) is 13.8 Å². The predicted molar refractivity (Wildman–Crippen MR) is 103 cm³/mol. The number of hydrogen-bond acceptors (Lipinski definition) is 4. The summed E-state index contributed by atoms with van der Waals surface area (Å²) in [5.74, 6) is -1.22. The first-order valence-electron chi connectivity index (χ1n) is 8.70. The quantitative estimate of drug-likeness (QED) is 0.736. The number of nitrogens with one attached hydrogen (secondary N) is 2. The van der Waals surface area contributed by atoms with Crippen molar-refractivity contribution in [1.29, 1.82) is 0 Å². The van der Waals surface area contributed by atoms with Crippen molar-refractivity contribution in [2.45, 2.75) is 33.2 Å². The molecule has 27 heavy (non-hydrogen) atoms. The second-order valence-corrected chi connectivity index (χ2v) is 6.40. The van der Waals surface area contributed by atoms with E-state index in [1.807, 2.05) is 62.4 Å². The van der Waals surface area contributed by atoms with E-state index in [2.05, 4.69) is 10.6 Å². The molecule has 0 saturated carbocycles. The van der Waals surface area contributed by atoms with Gasteiger partial charge in [-0.3, -0.25) is 14.4 Å². The molecule has 0 aliphatic rings. The average Bonchev–Trinajstić information content (AvgIpc) is 2.62. The van der Waals surface area contributed by atoms with Crippen molar-refractivity contribution < 1.29 is 19.1 Å². The molecule has 0 radical (unpaired) electrons. The van der Waals surface area contributed by atoms with Gasteiger partial charge in [-0.25, -0.2) is 0 Å². The largest absolute Gasteiger partial charge is 0.455 e. The molecule has 0 unspecified atom stereocenters. The molecule has 0 aliphatic carbocycles. The summed E-state index contributed by atoms with van der Waals surface area (Å²) in [7, 11) is 0. The molecule has 6 nitrogen and oxygen atoms in total. The Labute approximate surface area is 158 Å². The Balaban J connectivity index is 1.89. The van der Waals surface area contributed by atoms with Gasteiger partial charge in [0.05, 0.1) is 12.5 Å². The van der Waals surface area contributed by atoms with E-state index in [-0.39, 0.29) is 18.9 Å². The van der Waals surface area contributed by atoms with Gasteiger partial charge in [0.15, 0.2) is 6.61 Å². The van der Waals surface area contributed by atoms with Crippen LogP contribution in [0.15, 0.2) is 48.5 Å². The Morgan fingerprint density at radius 3 is 2.37 bits per heavy atom. The van der Waals surface area contributed by atoms with Gasteiger partial charge in [0.25, 0.3) is 5.91 Å². The van der Waals surface area contributed by atoms with E-state index in [0.717, 1.165) is 16.7 Å². The summed E-state index contributed by atoms with van der Waals surface area (Å²) in [6, 6.07) is 14.3. The van der Waals surface area contributed by atoms with E-state index in [0.29, 0.717) is 5.69 Å². The van der Waals surface area contributed by atoms with E-state index in [1.54, 1.807) is 0 Å². The molecule has 0 aliphatic heterocycles. The topological polar surface area (TPSA) is 84.5 Å². The van der Waals surface area contributed by atoms with Crippen molar-refractivity contribution in [2.24, 2.45) is 0 Å². The molecular weight excluding hydrogens is 344 g/mol. The van der Waals surface area contributed by atoms with Crippen LogP contribution in [0.5, 0.6) is 0 Å². The van der Waals surface area contributed by atoms with Gasteiger partial charge in [-0.1, -0.05) is 48.0 Å². The van der Waals surface area contributed by atoms with Gasteiger partial charge in [0.2, 0.25) is 5.91 Å². The summed E-state index contributed by atoms with van der Waals surface area (Å²) >= 11 is 0. The van der Waals surface area contributed by atoms with Crippen molar-refractivity contribution in [2.75, 3.05) is 11.9 Å². The number of hydrogen-bond donors (Lipinski definition) is 2. The third-order valence-corrected chi connectivity index (χ3v) is 3.97. The van der Waals surface area contributed by atoms with Crippen molar-refractivity contribution in [3.63, 3.8) is 0 Å². The van der Waals surface area contributed by atoms with Crippen molar-refractivity contribution in [3.8, 4) is 0 Å². The number of amides is 2. The number of anilines is 1. The standard InChI is InChI=1S/C21H24N2O4/c1-14-9-10-18(15(2)11-14)23-20(25)13-27-21(26)12-19(22-16(3)24)17-7-5-4-6-8-17/h4-11,19H,12-13H2,1-3H3,(H,22,24)(H,23,25)/t19-/m1/s1. The highest BCUT2D eigenvalue weighted by Crippen LogP contribution is 2.18. The summed E-state index contributed by atoms with van der Waals surface area (Å²) < 4.78 is 5.07. The summed E-state index contributed by atoms with van der Waals surface area (Å²) in [4.78, 5) is 35.6. The fraction of sp³-hybridized carbons (Fsp3) is 0.286. The predicted octanol–water partition coefficient (Wildman–Crippen LogP) is 3.05. The van der Waals surface area contributed by atoms with E-state index in [1.165, 1.54) is 6.92 Å². The first-order valence-corrected chi connectivity index (χ1v) is 8.70. The maximum Gasteiger partial charge on any atom is 0.308 e. The number of carbonyl (C=O) groups is 3. The highest BCUT2D eigenvalue weighted by Gasteiger charge is 2.18. The second kappa shape index (κ2) is 9.52. The number of benzene rings is 2. The lowest BCUT2D eigenvalue weighted by Crippen LogP contribution is -2.29. The molecule has 2 rings (SSSR count). The van der Waals surface area contributed by atoms with Crippen LogP contribution in [0.25, 0.3) is 0 Å². The van der Waals surface area contributed by atoms with Gasteiger partial charge >= 0.3 is 5.97 Å². The molecule has 2 N–H and O–H groups in total. The van der Waals surface area contributed by atoms with Crippen LogP contribution in [0.4, 0.5) is 5.69 Å². The third-order valence-electron chi connectivity index (χ3n) is 3.97. The molecule has 0 heterocycles. The van der Waals surface area contributed by atoms with Gasteiger partial charge in [-0.2, -0.15) is 0 Å². The Kier molecular flexibility index (Phi) is 7.11. The van der Waals surface area contributed by atoms with E-state index in [4.69, 9.17) is 4.74 Å². The van der Waals surface area contributed by atoms with Crippen LogP contribution in [0.1, 0.15) is 36.1 Å². The Hall–Kier alpha value is -3.15. The zero-order chi connectivity index (χ0) is 19.8. The van der Waals surface area contributed by atoms with Crippen LogP contribution < -0.4 is 10.6 Å². The molecule has 0 bridgehead atoms. The molecule has 2 aromatic carbocycles. The van der Waals surface area contributed by atoms with Crippen molar-refractivity contribution in [3.05, 3.63) is 65.2 Å². The van der Waals surface area contributed by atoms with Crippen LogP contribution in [-0.2, 0) is 19.1 Å². The minimum atomic E-state index is -0.562. The SMILES string of the molecule is CC(=O)N[C@H](CC(=O)OCC(=O)Nc1ccc(C)cc1C)c1ccccc1. The fourth-order valence-corrected chi connectivity index (χ4v) is 2.69. The first-order chi connectivity index (χ1) is 12.8. The average molecular weight is 368 g/mol. The van der Waals surface area contributed by atoms with Crippen LogP contribution in [0.2, 0.25) is 0 Å². The van der Waals surface area contributed by atoms with Crippen molar-refractivity contribution >= 4 is 23.5 Å². The number of carbonyl (C=O) groups excluding carboxylic acids is 3. The molecule has 2 aromatic rings. The van der Waals surface area contributed by atoms with E-state index >= 15 is 0 Å². The summed E-state index contributed by atoms with van der Waals surface area (Å²) in [5.41, 5.74) is 3.51. The summed E-state index contributed by atoms with van der Waals surface area (Å²) in [5, 5.41) is 5.45. The molecule has 6 heteroatoms. The number of rotatable bonds is 7. The lowest BCUT2D eigenvalue weighted by atomic mass is 10.0. The zero-order valence-electron chi connectivity index (χ0n) is 15.7. The number of ether oxygens (including phenoxy) is 1. The van der Waals surface area contributed by atoms with Gasteiger partial charge in [-0.05, 0) is 31.0 Å². The highest BCUT2D eigenvalue weighted by molar-refractivity contribution is 5.93. The Morgan fingerprint density at radius 2 is 1.74 bits per heavy atom. The van der Waals surface area contributed by atoms with Crippen LogP contribution >= 0.6 is 0 Å². The van der Waals surface area contributed by atoms with Gasteiger partial charge in [0.1, 0.15) is 0 Å². The second-order valence-electron chi connectivity index (χ2n) is 6.40. The molecule has 0 aromatic heterocycles. The molecule has 0 spiro atoms. The van der Waals surface area contributed by atoms with E-state index < -0.39 is 17.9 Å². The minimum absolute atomic E-state index is 0.0551. The zero-order valence-corrected chi connectivity index (χ0v) is 15.7. The van der Waals surface area contributed by atoms with E-state index in [9.17, 15) is 14.4 Å². The molecular formula is C21H24N2O4. The van der Waals surface area contributed by atoms with Crippen LogP contribution in [0.3, 0.4) is 0 Å². The van der Waals surface area contributed by atoms with Crippen molar-refractivity contribution in [1.82, 2.24) is 5.32 Å². The third kappa shape index (κ3) is 6.58. The molecule has 142 valence electrons. The minimum Gasteiger partial charge on any atom is -0.455 e. The molecule has 1 atom stereocenters. The first kappa shape index (κ1) is 20.2. The van der Waals surface area contributed by atoms with Gasteiger partial charge < -0.3 is 15.4 Å². The maximum atomic E-state index is 12.1. The molecule has 2 amide bonds. The normalized spacial score (nSPS) is 11.4. The summed E-state index contributed by atoms with van der Waals surface area (Å²) in [6.45, 7) is 4.87. The number of esters is 1. The van der Waals surface area contributed by atoms with Crippen LogP contribution in [-0.4, -0.2) is 24.4 Å². The molecule has 0 fully saturated rings. The lowest BCUT2D eigenvalue weighted by molar-refractivity contribution is -0.148. The smallest absolute Gasteiger partial charge is 0.308 e. The van der Waals surface area contributed by atoms with Gasteiger partial charge in [0, 0.05) is 12.6 Å². The fourth-order valence-electron chi connectivity index (χ4n) is 2.69.